The highest BCUT2D eigenvalue weighted by atomic mass is 35.5. The number of nitrogens with zero attached hydrogens (tertiary/aromatic N) is 6. The number of benzene rings is 2. The highest BCUT2D eigenvalue weighted by molar-refractivity contribution is 7.89. The van der Waals surface area contributed by atoms with E-state index in [0.717, 1.165) is 34.9 Å². The average molecular weight is 886 g/mol. The van der Waals surface area contributed by atoms with E-state index < -0.39 is 124 Å². The number of anilines is 1. The maximum atomic E-state index is 15.4. The molecule has 1 fully saturated rings. The lowest BCUT2D eigenvalue weighted by Crippen LogP contribution is -2.38. The van der Waals surface area contributed by atoms with Crippen LogP contribution < -0.4 is 26.9 Å². The molecule has 0 radical (unpaired) electrons. The lowest BCUT2D eigenvalue weighted by molar-refractivity contribution is -0.369. The monoisotopic (exact) mass is 885 g/mol. The fourth-order valence-corrected chi connectivity index (χ4v) is 7.98. The van der Waals surface area contributed by atoms with E-state index >= 15 is 8.78 Å². The van der Waals surface area contributed by atoms with Crippen molar-refractivity contribution < 1.29 is 53.3 Å². The van der Waals surface area contributed by atoms with Crippen LogP contribution in [-0.4, -0.2) is 63.7 Å². The Morgan fingerprint density at radius 3 is 2.48 bits per heavy atom. The number of carbonyl (C=O) groups is 1. The minimum atomic E-state index is -4.24. The molecule has 14 nitrogen and oxygen atoms in total. The molecule has 0 spiro atoms. The third-order valence-electron chi connectivity index (χ3n) is 9.59. The van der Waals surface area contributed by atoms with Gasteiger partial charge in [-0.25, -0.2) is 44.7 Å². The second-order valence-electron chi connectivity index (χ2n) is 13.9. The van der Waals surface area contributed by atoms with Gasteiger partial charge < -0.3 is 16.4 Å². The summed E-state index contributed by atoms with van der Waals surface area (Å²) in [6.45, 7) is -2.21. The number of aromatic amines is 1. The normalized spacial score (nSPS) is 17.4. The van der Waals surface area contributed by atoms with Crippen LogP contribution in [0.25, 0.3) is 17.2 Å². The van der Waals surface area contributed by atoms with Crippen molar-refractivity contribution in [3.8, 4) is 17.2 Å². The summed E-state index contributed by atoms with van der Waals surface area (Å²) in [5.41, 5.74) is 1.21. The quantitative estimate of drug-likeness (QED) is 0.0797. The molecule has 316 valence electrons. The summed E-state index contributed by atoms with van der Waals surface area (Å²) in [7, 11) is -4.24. The molecule has 0 unspecified atom stereocenters. The third-order valence-corrected chi connectivity index (χ3v) is 10.4. The Morgan fingerprint density at radius 2 is 1.85 bits per heavy atom. The summed E-state index contributed by atoms with van der Waals surface area (Å²) in [6, 6.07) is 5.26. The van der Waals surface area contributed by atoms with Gasteiger partial charge in [0.2, 0.25) is 5.91 Å². The number of hydrogen-bond acceptors (Lipinski definition) is 8. The lowest BCUT2D eigenvalue weighted by Gasteiger charge is -2.25. The summed E-state index contributed by atoms with van der Waals surface area (Å²) in [5, 5.41) is 8.22. The first-order chi connectivity index (χ1) is 28.2. The predicted molar refractivity (Wildman–Crippen MR) is 198 cm³/mol. The number of alkyl halides is 6. The number of nitrogens with two attached hydrogens (primary N) is 1. The molecule has 3 atom stereocenters. The third kappa shape index (κ3) is 8.40. The summed E-state index contributed by atoms with van der Waals surface area (Å²) >= 11 is 6.42. The highest BCUT2D eigenvalue weighted by Crippen LogP contribution is 2.68. The van der Waals surface area contributed by atoms with E-state index in [2.05, 4.69) is 35.1 Å². The molecule has 2 aliphatic rings. The van der Waals surface area contributed by atoms with Crippen molar-refractivity contribution in [2.24, 2.45) is 16.0 Å². The van der Waals surface area contributed by atoms with Gasteiger partial charge in [0.15, 0.2) is 5.69 Å². The van der Waals surface area contributed by atoms with Crippen molar-refractivity contribution in [3.63, 3.8) is 0 Å². The zero-order chi connectivity index (χ0) is 43.4. The van der Waals surface area contributed by atoms with Gasteiger partial charge in [0.25, 0.3) is 34.4 Å². The number of amides is 1. The van der Waals surface area contributed by atoms with Gasteiger partial charge in [-0.2, -0.15) is 13.9 Å². The van der Waals surface area contributed by atoms with E-state index in [-0.39, 0.29) is 39.8 Å². The first kappa shape index (κ1) is 42.2. The summed E-state index contributed by atoms with van der Waals surface area (Å²) in [4.78, 5) is 39.8. The highest BCUT2D eigenvalue weighted by Gasteiger charge is 2.67. The standard InChI is InChI=1S/C36H29ClF8N10O4S/c1-60(58,59)53-33(46)28-20(37)3-4-23(29(28)49-13-24(40)41)55-26(57)12-21(34-47-5-2-6-48-34)51-35(55)22(9-15-7-16(38)10-17(39)8-15)50-25(56)14-54-31-27(30(52-54)32(42)43)18-11-19(18)36(31,44)45/h2-8,10,12,18-19,22,24,32,49H,9,11,13-14H2,1H3,(H2,46,53)(H,50,56)/p+1/t18-,19+,22-/m0/s1. The van der Waals surface area contributed by atoms with Gasteiger partial charge in [0.1, 0.15) is 47.4 Å². The van der Waals surface area contributed by atoms with Gasteiger partial charge in [-0.3, -0.25) is 18.8 Å². The van der Waals surface area contributed by atoms with Crippen LogP contribution in [0, 0.1) is 17.6 Å². The van der Waals surface area contributed by atoms with Crippen molar-refractivity contribution >= 4 is 39.1 Å². The maximum Gasteiger partial charge on any atom is 0.346 e. The van der Waals surface area contributed by atoms with E-state index in [1.54, 1.807) is 0 Å². The maximum absolute atomic E-state index is 15.4. The Labute approximate surface area is 338 Å². The number of fused-ring (bicyclic) bond motifs is 3. The molecule has 2 aliphatic carbocycles. The molecule has 1 saturated carbocycles. The minimum absolute atomic E-state index is 0.0327. The van der Waals surface area contributed by atoms with Crippen LogP contribution in [0.1, 0.15) is 58.7 Å². The molecule has 1 amide bonds. The fourth-order valence-electron chi connectivity index (χ4n) is 7.27. The van der Waals surface area contributed by atoms with Crippen LogP contribution in [0.4, 0.5) is 40.8 Å². The van der Waals surface area contributed by atoms with Crippen molar-refractivity contribution in [3.05, 3.63) is 116 Å². The van der Waals surface area contributed by atoms with E-state index in [1.165, 1.54) is 18.5 Å². The molecule has 3 heterocycles. The van der Waals surface area contributed by atoms with Gasteiger partial charge in [-0.05, 0) is 47.2 Å². The molecule has 0 aliphatic heterocycles. The number of aromatic nitrogens is 6. The molecule has 5 aromatic rings. The van der Waals surface area contributed by atoms with Crippen molar-refractivity contribution in [1.82, 2.24) is 29.6 Å². The summed E-state index contributed by atoms with van der Waals surface area (Å²) < 4.78 is 145. The smallest absolute Gasteiger partial charge is 0.346 e. The molecular weight excluding hydrogens is 856 g/mol. The van der Waals surface area contributed by atoms with Gasteiger partial charge in [0.05, 0.1) is 47.0 Å². The SMILES string of the molecule is CS(=O)(=O)N=C(N)c1c(Cl)ccc(-n2c([C@H](Cc3cc(F)cc(F)c3)NC(=O)Cn3nc(C(F)F)c4c3C(F)(F)[C@@H]3C[C@H]43)nc(-c3nccc[nH+]3)cc2=O)c1NCC(F)F. The lowest BCUT2D eigenvalue weighted by atomic mass is 10.0. The van der Waals surface area contributed by atoms with E-state index in [9.17, 15) is 44.3 Å². The van der Waals surface area contributed by atoms with Crippen LogP contribution in [0.3, 0.4) is 0 Å². The van der Waals surface area contributed by atoms with Crippen LogP contribution in [0.15, 0.2) is 64.1 Å². The number of carbonyl (C=O) groups excluding carboxylic acids is 1. The van der Waals surface area contributed by atoms with Gasteiger partial charge in [0, 0.05) is 36.1 Å². The molecule has 0 saturated heterocycles. The first-order valence-electron chi connectivity index (χ1n) is 17.6. The predicted octanol–water partition coefficient (Wildman–Crippen LogP) is 4.83. The fraction of sp³-hybridized carbons (Fsp3) is 0.306. The molecule has 24 heteroatoms. The van der Waals surface area contributed by atoms with Crippen LogP contribution >= 0.6 is 11.6 Å². The first-order valence-corrected chi connectivity index (χ1v) is 19.8. The van der Waals surface area contributed by atoms with E-state index in [0.29, 0.717) is 17.0 Å². The topological polar surface area (TPSA) is 193 Å². The number of hydrogen-bond donors (Lipinski definition) is 3. The molecule has 60 heavy (non-hydrogen) atoms. The minimum Gasteiger partial charge on any atom is -0.382 e. The number of nitrogens with one attached hydrogen (secondary N) is 3. The van der Waals surface area contributed by atoms with Crippen molar-refractivity contribution in [2.75, 3.05) is 18.1 Å². The van der Waals surface area contributed by atoms with Gasteiger partial charge in [-0.1, -0.05) is 11.6 Å². The number of sulfonamides is 1. The Balaban J connectivity index is 1.44. The van der Waals surface area contributed by atoms with Crippen molar-refractivity contribution in [1.29, 1.82) is 0 Å². The van der Waals surface area contributed by atoms with E-state index in [1.807, 2.05) is 0 Å². The van der Waals surface area contributed by atoms with Gasteiger partial charge >= 0.3 is 5.82 Å². The van der Waals surface area contributed by atoms with Crippen LogP contribution in [0.2, 0.25) is 5.02 Å². The van der Waals surface area contributed by atoms with E-state index in [4.69, 9.17) is 17.3 Å². The largest absolute Gasteiger partial charge is 0.382 e. The molecule has 3 aromatic heterocycles. The van der Waals surface area contributed by atoms with Crippen LogP contribution in [0.5, 0.6) is 0 Å². The molecule has 5 N–H and O–H groups in total. The average Bonchev–Trinajstić information content (AvgIpc) is 3.81. The second kappa shape index (κ2) is 15.9. The number of amidine groups is 1. The zero-order valence-electron chi connectivity index (χ0n) is 30.6. The van der Waals surface area contributed by atoms with Crippen LogP contribution in [-0.2, 0) is 33.7 Å². The molecular formula is C36H30ClF8N10O4S+. The Bertz CT molecular complexity index is 2700. The Morgan fingerprint density at radius 1 is 1.13 bits per heavy atom. The van der Waals surface area contributed by atoms with Crippen molar-refractivity contribution in [2.45, 2.75) is 50.1 Å². The van der Waals surface area contributed by atoms with Gasteiger partial charge in [-0.15, -0.1) is 4.40 Å². The summed E-state index contributed by atoms with van der Waals surface area (Å²) in [6.07, 6.45) is -3.55. The number of rotatable bonds is 14. The molecule has 0 bridgehead atoms. The Kier molecular flexibility index (Phi) is 11.2. The molecule has 7 rings (SSSR count). The second-order valence-corrected chi connectivity index (χ2v) is 15.9. The number of halogens is 9. The zero-order valence-corrected chi connectivity index (χ0v) is 32.2. The number of H-pyrrole nitrogens is 1. The molecule has 2 aromatic carbocycles. The Hall–Kier alpha value is -5.97. The summed E-state index contributed by atoms with van der Waals surface area (Å²) in [5.74, 6) is -10.4.